The van der Waals surface area contributed by atoms with E-state index in [4.69, 9.17) is 11.6 Å². The molecule has 108 valence electrons. The van der Waals surface area contributed by atoms with E-state index in [2.05, 4.69) is 55.3 Å². The predicted octanol–water partition coefficient (Wildman–Crippen LogP) is 4.37. The van der Waals surface area contributed by atoms with Gasteiger partial charge in [0.2, 0.25) is 0 Å². The summed E-state index contributed by atoms with van der Waals surface area (Å²) in [5, 5.41) is 4.88. The lowest BCUT2D eigenvalue weighted by atomic mass is 9.85. The quantitative estimate of drug-likeness (QED) is 0.827. The summed E-state index contributed by atoms with van der Waals surface area (Å²) in [5.74, 6) is 0.687. The minimum absolute atomic E-state index is 0.206. The molecule has 1 heterocycles. The topological polar surface area (TPSA) is 24.9 Å². The SMILES string of the molecule is CC(C)(C)C(CCCl)NCc1ccnc2ccccc12. The van der Waals surface area contributed by atoms with Crippen molar-refractivity contribution in [3.05, 3.63) is 42.1 Å². The monoisotopic (exact) mass is 290 g/mol. The van der Waals surface area contributed by atoms with Crippen LogP contribution < -0.4 is 5.32 Å². The van der Waals surface area contributed by atoms with Crippen LogP contribution in [-0.2, 0) is 6.54 Å². The van der Waals surface area contributed by atoms with E-state index in [0.29, 0.717) is 11.9 Å². The molecule has 0 spiro atoms. The van der Waals surface area contributed by atoms with Gasteiger partial charge < -0.3 is 5.32 Å². The van der Waals surface area contributed by atoms with E-state index >= 15 is 0 Å². The Morgan fingerprint density at radius 1 is 1.20 bits per heavy atom. The van der Waals surface area contributed by atoms with E-state index in [1.807, 2.05) is 12.3 Å². The molecule has 1 aromatic carbocycles. The van der Waals surface area contributed by atoms with Gasteiger partial charge in [0.05, 0.1) is 5.52 Å². The molecule has 0 radical (unpaired) electrons. The number of hydrogen-bond donors (Lipinski definition) is 1. The van der Waals surface area contributed by atoms with Gasteiger partial charge in [-0.1, -0.05) is 39.0 Å². The summed E-state index contributed by atoms with van der Waals surface area (Å²) in [5.41, 5.74) is 2.55. The largest absolute Gasteiger partial charge is 0.309 e. The number of alkyl halides is 1. The summed E-state index contributed by atoms with van der Waals surface area (Å²) in [7, 11) is 0. The summed E-state index contributed by atoms with van der Waals surface area (Å²) in [6.45, 7) is 7.60. The molecule has 3 heteroatoms. The van der Waals surface area contributed by atoms with Crippen LogP contribution in [-0.4, -0.2) is 16.9 Å². The number of benzene rings is 1. The first kappa shape index (κ1) is 15.3. The van der Waals surface area contributed by atoms with Gasteiger partial charge in [-0.2, -0.15) is 0 Å². The molecule has 0 fully saturated rings. The number of fused-ring (bicyclic) bond motifs is 1. The lowest BCUT2D eigenvalue weighted by molar-refractivity contribution is 0.261. The number of nitrogens with one attached hydrogen (secondary N) is 1. The number of rotatable bonds is 5. The van der Waals surface area contributed by atoms with Gasteiger partial charge >= 0.3 is 0 Å². The molecule has 1 N–H and O–H groups in total. The standard InChI is InChI=1S/C17H23ClN2/c1-17(2,3)16(8-10-18)20-12-13-9-11-19-15-7-5-4-6-14(13)15/h4-7,9,11,16,20H,8,10,12H2,1-3H3. The zero-order chi connectivity index (χ0) is 14.6. The Hall–Kier alpha value is -1.12. The molecule has 20 heavy (non-hydrogen) atoms. The summed E-state index contributed by atoms with van der Waals surface area (Å²) < 4.78 is 0. The summed E-state index contributed by atoms with van der Waals surface area (Å²) in [4.78, 5) is 4.41. The van der Waals surface area contributed by atoms with Crippen molar-refractivity contribution in [1.29, 1.82) is 0 Å². The number of aromatic nitrogens is 1. The highest BCUT2D eigenvalue weighted by Crippen LogP contribution is 2.23. The number of nitrogens with zero attached hydrogens (tertiary/aromatic N) is 1. The van der Waals surface area contributed by atoms with Crippen LogP contribution >= 0.6 is 11.6 Å². The first-order valence-corrected chi connectivity index (χ1v) is 7.68. The van der Waals surface area contributed by atoms with E-state index in [9.17, 15) is 0 Å². The molecule has 2 nitrogen and oxygen atoms in total. The van der Waals surface area contributed by atoms with E-state index in [0.717, 1.165) is 18.5 Å². The number of hydrogen-bond acceptors (Lipinski definition) is 2. The van der Waals surface area contributed by atoms with Gasteiger partial charge in [-0.3, -0.25) is 4.98 Å². The summed E-state index contributed by atoms with van der Waals surface area (Å²) in [6, 6.07) is 10.8. The van der Waals surface area contributed by atoms with Crippen LogP contribution in [0.3, 0.4) is 0 Å². The second-order valence-corrected chi connectivity index (χ2v) is 6.64. The summed E-state index contributed by atoms with van der Waals surface area (Å²) >= 11 is 5.93. The molecule has 0 aliphatic carbocycles. The minimum atomic E-state index is 0.206. The smallest absolute Gasteiger partial charge is 0.0705 e. The summed E-state index contributed by atoms with van der Waals surface area (Å²) in [6.07, 6.45) is 2.86. The van der Waals surface area contributed by atoms with Crippen LogP contribution in [0.15, 0.2) is 36.5 Å². The fourth-order valence-electron chi connectivity index (χ4n) is 2.49. The van der Waals surface area contributed by atoms with Gasteiger partial charge in [0.25, 0.3) is 0 Å². The maximum atomic E-state index is 5.93. The highest BCUT2D eigenvalue weighted by atomic mass is 35.5. The van der Waals surface area contributed by atoms with Crippen molar-refractivity contribution in [2.75, 3.05) is 5.88 Å². The zero-order valence-corrected chi connectivity index (χ0v) is 13.2. The van der Waals surface area contributed by atoms with Gasteiger partial charge in [-0.05, 0) is 29.5 Å². The average Bonchev–Trinajstić information content (AvgIpc) is 2.42. The van der Waals surface area contributed by atoms with Gasteiger partial charge in [-0.25, -0.2) is 0 Å². The Morgan fingerprint density at radius 3 is 2.65 bits per heavy atom. The van der Waals surface area contributed by atoms with Crippen LogP contribution in [0, 0.1) is 5.41 Å². The molecule has 1 atom stereocenters. The molecule has 2 aromatic rings. The van der Waals surface area contributed by atoms with Gasteiger partial charge in [0, 0.05) is 30.0 Å². The molecule has 0 bridgehead atoms. The Morgan fingerprint density at radius 2 is 1.95 bits per heavy atom. The molecule has 0 aliphatic heterocycles. The molecular weight excluding hydrogens is 268 g/mol. The first-order valence-electron chi connectivity index (χ1n) is 7.14. The van der Waals surface area contributed by atoms with Gasteiger partial charge in [-0.15, -0.1) is 11.6 Å². The van der Waals surface area contributed by atoms with Crippen molar-refractivity contribution in [2.45, 2.75) is 39.8 Å². The van der Waals surface area contributed by atoms with Crippen LogP contribution in [0.1, 0.15) is 32.8 Å². The second-order valence-electron chi connectivity index (χ2n) is 6.26. The van der Waals surface area contributed by atoms with Crippen LogP contribution in [0.25, 0.3) is 10.9 Å². The lowest BCUT2D eigenvalue weighted by Gasteiger charge is -2.31. The fraction of sp³-hybridized carbons (Fsp3) is 0.471. The maximum absolute atomic E-state index is 5.93. The predicted molar refractivity (Wildman–Crippen MR) is 87.2 cm³/mol. The third kappa shape index (κ3) is 3.71. The number of halogens is 1. The molecule has 0 amide bonds. The van der Waals surface area contributed by atoms with Crippen LogP contribution in [0.2, 0.25) is 0 Å². The van der Waals surface area contributed by atoms with Crippen molar-refractivity contribution >= 4 is 22.5 Å². The first-order chi connectivity index (χ1) is 9.52. The minimum Gasteiger partial charge on any atom is -0.309 e. The van der Waals surface area contributed by atoms with Crippen molar-refractivity contribution in [1.82, 2.24) is 10.3 Å². The Kier molecular flexibility index (Phi) is 5.00. The van der Waals surface area contributed by atoms with E-state index in [1.54, 1.807) is 0 Å². The normalized spacial score (nSPS) is 13.6. The van der Waals surface area contributed by atoms with Crippen LogP contribution in [0.5, 0.6) is 0 Å². The third-order valence-electron chi connectivity index (χ3n) is 3.72. The van der Waals surface area contributed by atoms with Crippen molar-refractivity contribution in [3.63, 3.8) is 0 Å². The van der Waals surface area contributed by atoms with Crippen molar-refractivity contribution in [3.8, 4) is 0 Å². The molecule has 0 saturated heterocycles. The average molecular weight is 291 g/mol. The zero-order valence-electron chi connectivity index (χ0n) is 12.5. The Bertz CT molecular complexity index is 555. The van der Waals surface area contributed by atoms with Crippen molar-refractivity contribution < 1.29 is 0 Å². The van der Waals surface area contributed by atoms with Crippen LogP contribution in [0.4, 0.5) is 0 Å². The molecule has 2 rings (SSSR count). The van der Waals surface area contributed by atoms with E-state index < -0.39 is 0 Å². The van der Waals surface area contributed by atoms with E-state index in [1.165, 1.54) is 10.9 Å². The molecule has 1 unspecified atom stereocenters. The Labute approximate surface area is 126 Å². The number of para-hydroxylation sites is 1. The molecular formula is C17H23ClN2. The fourth-order valence-corrected chi connectivity index (χ4v) is 2.71. The third-order valence-corrected chi connectivity index (χ3v) is 3.94. The van der Waals surface area contributed by atoms with Crippen molar-refractivity contribution in [2.24, 2.45) is 5.41 Å². The molecule has 1 aromatic heterocycles. The Balaban J connectivity index is 2.16. The highest BCUT2D eigenvalue weighted by Gasteiger charge is 2.23. The number of pyridine rings is 1. The highest BCUT2D eigenvalue weighted by molar-refractivity contribution is 6.17. The molecule has 0 saturated carbocycles. The van der Waals surface area contributed by atoms with Gasteiger partial charge in [0.15, 0.2) is 0 Å². The lowest BCUT2D eigenvalue weighted by Crippen LogP contribution is -2.40. The van der Waals surface area contributed by atoms with Gasteiger partial charge in [0.1, 0.15) is 0 Å². The maximum Gasteiger partial charge on any atom is 0.0705 e. The van der Waals surface area contributed by atoms with E-state index in [-0.39, 0.29) is 5.41 Å². The molecule has 0 aliphatic rings. The second kappa shape index (κ2) is 6.55.